The van der Waals surface area contributed by atoms with E-state index in [4.69, 9.17) is 8.22 Å². The number of aliphatic hydroxyl groups is 7. The first kappa shape index (κ1) is 19.8. The van der Waals surface area contributed by atoms with E-state index in [0.29, 0.717) is 32.1 Å². The van der Waals surface area contributed by atoms with Crippen LogP contribution in [-0.4, -0.2) is 78.4 Å². The Hall–Kier alpha value is -0.280. The number of aliphatic hydroxyl groups excluding tert-OH is 5. The second kappa shape index (κ2) is 9.23. The van der Waals surface area contributed by atoms with Gasteiger partial charge < -0.3 is 35.7 Å². The maximum absolute atomic E-state index is 12.4. The van der Waals surface area contributed by atoms with Gasteiger partial charge in [0.2, 0.25) is 0 Å². The first-order chi connectivity index (χ1) is 18.1. The lowest BCUT2D eigenvalue weighted by Crippen LogP contribution is -2.75. The summed E-state index contributed by atoms with van der Waals surface area (Å²) in [5.74, 6) is -5.51. The van der Waals surface area contributed by atoms with Crippen LogP contribution in [0.2, 0.25) is 0 Å². The van der Waals surface area contributed by atoms with Crippen LogP contribution in [-0.2, 0) is 0 Å². The van der Waals surface area contributed by atoms with Crippen molar-refractivity contribution in [3.8, 4) is 0 Å². The molecule has 198 valence electrons. The second-order valence-corrected chi connectivity index (χ2v) is 12.4. The molecule has 4 saturated carbocycles. The maximum atomic E-state index is 12.4. The van der Waals surface area contributed by atoms with Crippen molar-refractivity contribution in [2.45, 2.75) is 115 Å². The summed E-state index contributed by atoms with van der Waals surface area (Å²) in [5.41, 5.74) is -3.33. The van der Waals surface area contributed by atoms with Crippen molar-refractivity contribution < 1.29 is 44.0 Å². The van der Waals surface area contributed by atoms with Crippen molar-refractivity contribution in [3.05, 3.63) is 0 Å². The molecule has 4 rings (SSSR count). The van der Waals surface area contributed by atoms with Crippen molar-refractivity contribution in [2.24, 2.45) is 46.3 Å². The molecule has 0 aromatic rings. The van der Waals surface area contributed by atoms with Gasteiger partial charge in [0.25, 0.3) is 0 Å². The van der Waals surface area contributed by atoms with E-state index in [2.05, 4.69) is 0 Å². The highest BCUT2D eigenvalue weighted by molar-refractivity contribution is 5.24. The quantitative estimate of drug-likeness (QED) is 0.299. The standard InChI is InChI=1S/C27H48O7/c1-14(13-28)6-5-7-15(2)19-21(31)22(32)23-26(19,4)11-9-18-25(3)10-8-16(29)12-17(25)20(30)24(33)27(18,23)34/h14-24,28-34H,5-13H2,1-4H3/t14-,15+,16-,17+,18+,19-,20+,21+,22-,23+,24+,25-,26+,27-/m0/s1/i1D3,13D2,14D. The first-order valence-corrected chi connectivity index (χ1v) is 12.9. The van der Waals surface area contributed by atoms with Crippen LogP contribution in [0.25, 0.3) is 0 Å². The lowest BCUT2D eigenvalue weighted by Gasteiger charge is -2.67. The highest BCUT2D eigenvalue weighted by Crippen LogP contribution is 2.69. The predicted octanol–water partition coefficient (Wildman–Crippen LogP) is 1.44. The Morgan fingerprint density at radius 1 is 1.00 bits per heavy atom. The summed E-state index contributed by atoms with van der Waals surface area (Å²) in [4.78, 5) is 0. The molecule has 0 saturated heterocycles. The average Bonchev–Trinajstić information content (AvgIpc) is 3.03. The molecule has 0 aromatic heterocycles. The van der Waals surface area contributed by atoms with Crippen molar-refractivity contribution >= 4 is 0 Å². The lowest BCUT2D eigenvalue weighted by atomic mass is 9.41. The molecule has 0 unspecified atom stereocenters. The van der Waals surface area contributed by atoms with E-state index < -0.39 is 96.3 Å². The smallest absolute Gasteiger partial charge is 0.109 e. The summed E-state index contributed by atoms with van der Waals surface area (Å²) in [6.07, 6.45) is -3.90. The molecule has 7 N–H and O–H groups in total. The van der Waals surface area contributed by atoms with Crippen LogP contribution in [0.1, 0.15) is 87.2 Å². The van der Waals surface area contributed by atoms with E-state index in [0.717, 1.165) is 0 Å². The van der Waals surface area contributed by atoms with Gasteiger partial charge in [-0.15, -0.1) is 0 Å². The van der Waals surface area contributed by atoms with Gasteiger partial charge in [-0.1, -0.05) is 40.5 Å². The fourth-order valence-corrected chi connectivity index (χ4v) is 9.29. The van der Waals surface area contributed by atoms with Crippen LogP contribution in [0.15, 0.2) is 0 Å². The van der Waals surface area contributed by atoms with Gasteiger partial charge >= 0.3 is 0 Å². The molecule has 0 aliphatic heterocycles. The van der Waals surface area contributed by atoms with Gasteiger partial charge in [0, 0.05) is 18.0 Å². The molecule has 7 heteroatoms. The fourth-order valence-electron chi connectivity index (χ4n) is 9.29. The highest BCUT2D eigenvalue weighted by atomic mass is 16.4. The molecule has 4 aliphatic carbocycles. The number of hydrogen-bond donors (Lipinski definition) is 7. The minimum absolute atomic E-state index is 0.0689. The molecule has 0 aromatic carbocycles. The van der Waals surface area contributed by atoms with E-state index in [9.17, 15) is 35.7 Å². The lowest BCUT2D eigenvalue weighted by molar-refractivity contribution is -0.309. The van der Waals surface area contributed by atoms with Crippen LogP contribution in [0, 0.1) is 46.3 Å². The Kier molecular flexibility index (Phi) is 5.37. The second-order valence-electron chi connectivity index (χ2n) is 12.4. The Labute approximate surface area is 212 Å². The van der Waals surface area contributed by atoms with Crippen molar-refractivity contribution in [3.63, 3.8) is 0 Å². The average molecular weight is 491 g/mol. The molecular formula is C27H48O7. The summed E-state index contributed by atoms with van der Waals surface area (Å²) in [6.45, 7) is -0.659. The third kappa shape index (κ3) is 3.72. The summed E-state index contributed by atoms with van der Waals surface area (Å²) in [7, 11) is 0. The SMILES string of the molecule is [2H]C([2H])([2H])[C@@]([2H])(CCC[C@@H](C)[C@H]1[C@@H](O)[C@H](O)[C@@H]2[C@]1(C)CC[C@@H]1[C@@]3(C)CC[C@H](O)C[C@@H]3[C@@H](O)[C@@H](O)[C@]12O)C([2H])([2H])O. The van der Waals surface area contributed by atoms with Crippen molar-refractivity contribution in [1.29, 1.82) is 0 Å². The van der Waals surface area contributed by atoms with Crippen LogP contribution in [0.3, 0.4) is 0 Å². The molecule has 0 bridgehead atoms. The van der Waals surface area contributed by atoms with Gasteiger partial charge in [-0.3, -0.25) is 0 Å². The Morgan fingerprint density at radius 2 is 1.68 bits per heavy atom. The fraction of sp³-hybridized carbons (Fsp3) is 1.00. The van der Waals surface area contributed by atoms with Gasteiger partial charge in [-0.2, -0.15) is 0 Å². The maximum Gasteiger partial charge on any atom is 0.109 e. The van der Waals surface area contributed by atoms with Crippen LogP contribution < -0.4 is 0 Å². The van der Waals surface area contributed by atoms with Gasteiger partial charge in [0.05, 0.1) is 27.2 Å². The Morgan fingerprint density at radius 3 is 2.32 bits per heavy atom. The molecule has 0 radical (unpaired) electrons. The third-order valence-corrected chi connectivity index (χ3v) is 10.8. The van der Waals surface area contributed by atoms with Crippen LogP contribution in [0.5, 0.6) is 0 Å². The van der Waals surface area contributed by atoms with Gasteiger partial charge in [0.15, 0.2) is 0 Å². The first-order valence-electron chi connectivity index (χ1n) is 15.9. The third-order valence-electron chi connectivity index (χ3n) is 10.8. The van der Waals surface area contributed by atoms with Gasteiger partial charge in [-0.05, 0) is 78.9 Å². The zero-order chi connectivity index (χ0) is 30.4. The van der Waals surface area contributed by atoms with E-state index in [1.165, 1.54) is 0 Å². The number of fused-ring (bicyclic) bond motifs is 5. The summed E-state index contributed by atoms with van der Waals surface area (Å²) in [6, 6.07) is 0. The van der Waals surface area contributed by atoms with Crippen molar-refractivity contribution in [1.82, 2.24) is 0 Å². The largest absolute Gasteiger partial charge is 0.396 e. The molecule has 0 heterocycles. The normalized spacial score (nSPS) is 58.9. The van der Waals surface area contributed by atoms with Crippen LogP contribution in [0.4, 0.5) is 0 Å². The Bertz CT molecular complexity index is 933. The topological polar surface area (TPSA) is 142 Å². The summed E-state index contributed by atoms with van der Waals surface area (Å²) >= 11 is 0. The zero-order valence-corrected chi connectivity index (χ0v) is 20.6. The summed E-state index contributed by atoms with van der Waals surface area (Å²) < 4.78 is 46.2. The number of hydrogen-bond acceptors (Lipinski definition) is 7. The van der Waals surface area contributed by atoms with Gasteiger partial charge in [0.1, 0.15) is 11.7 Å². The van der Waals surface area contributed by atoms with E-state index in [1.54, 1.807) is 0 Å². The minimum Gasteiger partial charge on any atom is -0.396 e. The Balaban J connectivity index is 1.61. The molecule has 34 heavy (non-hydrogen) atoms. The number of rotatable bonds is 6. The van der Waals surface area contributed by atoms with E-state index in [1.807, 2.05) is 20.8 Å². The predicted molar refractivity (Wildman–Crippen MR) is 128 cm³/mol. The monoisotopic (exact) mass is 490 g/mol. The molecule has 0 amide bonds. The minimum atomic E-state index is -3.26. The molecule has 4 fully saturated rings. The van der Waals surface area contributed by atoms with Gasteiger partial charge in [-0.25, -0.2) is 0 Å². The van der Waals surface area contributed by atoms with E-state index in [-0.39, 0.29) is 18.8 Å². The van der Waals surface area contributed by atoms with E-state index >= 15 is 0 Å². The molecule has 0 spiro atoms. The summed E-state index contributed by atoms with van der Waals surface area (Å²) in [5, 5.41) is 78.0. The zero-order valence-electron chi connectivity index (χ0n) is 26.6. The molecule has 14 atom stereocenters. The highest BCUT2D eigenvalue weighted by Gasteiger charge is 2.75. The van der Waals surface area contributed by atoms with Crippen LogP contribution >= 0.6 is 0 Å². The molecule has 7 nitrogen and oxygen atoms in total. The molecular weight excluding hydrogens is 436 g/mol. The molecule has 4 aliphatic rings. The van der Waals surface area contributed by atoms with Crippen molar-refractivity contribution in [2.75, 3.05) is 6.56 Å².